The zero-order valence-corrected chi connectivity index (χ0v) is 12.4. The number of benzene rings is 1. The molecule has 106 valence electrons. The molecule has 2 atom stereocenters. The number of nitrogens with one attached hydrogen (secondary N) is 1. The average Bonchev–Trinajstić information content (AvgIpc) is 2.39. The van der Waals surface area contributed by atoms with Crippen molar-refractivity contribution in [3.05, 3.63) is 29.8 Å². The van der Waals surface area contributed by atoms with E-state index in [-0.39, 0.29) is 11.9 Å². The van der Waals surface area contributed by atoms with Crippen molar-refractivity contribution in [1.82, 2.24) is 5.32 Å². The van der Waals surface area contributed by atoms with Crippen LogP contribution in [0.25, 0.3) is 0 Å². The third kappa shape index (κ3) is 4.93. The van der Waals surface area contributed by atoms with Crippen LogP contribution in [-0.2, 0) is 11.2 Å². The van der Waals surface area contributed by atoms with Crippen LogP contribution in [0, 0.1) is 0 Å². The molecule has 1 aromatic rings. The Labute approximate surface area is 116 Å². The Bertz CT molecular complexity index is 403. The van der Waals surface area contributed by atoms with Gasteiger partial charge >= 0.3 is 0 Å². The molecule has 0 aliphatic heterocycles. The normalized spacial score (nSPS) is 13.7. The molecule has 1 rings (SSSR count). The number of hydrogen-bond donors (Lipinski definition) is 1. The number of carbonyl (C=O) groups excluding carboxylic acids is 1. The molecule has 1 N–H and O–H groups in total. The lowest BCUT2D eigenvalue weighted by Crippen LogP contribution is -2.41. The van der Waals surface area contributed by atoms with Crippen LogP contribution in [0.3, 0.4) is 0 Å². The monoisotopic (exact) mass is 263 g/mol. The molecule has 0 radical (unpaired) electrons. The van der Waals surface area contributed by atoms with Crippen LogP contribution in [0.1, 0.15) is 46.1 Å². The summed E-state index contributed by atoms with van der Waals surface area (Å²) in [6, 6.07) is 8.06. The standard InChI is InChI=1S/C16H25NO2/c1-5-9-12(3)17-16(18)13(4)19-15-11-8-7-10-14(15)6-2/h7-8,10-13H,5-6,9H2,1-4H3,(H,17,18)/t12-,13-/m0/s1. The Hall–Kier alpha value is -1.51. The zero-order valence-electron chi connectivity index (χ0n) is 12.4. The Balaban J connectivity index is 2.58. The molecule has 0 aromatic heterocycles. The highest BCUT2D eigenvalue weighted by atomic mass is 16.5. The van der Waals surface area contributed by atoms with Crippen LogP contribution in [-0.4, -0.2) is 18.1 Å². The van der Waals surface area contributed by atoms with Gasteiger partial charge in [-0.15, -0.1) is 0 Å². The summed E-state index contributed by atoms with van der Waals surface area (Å²) < 4.78 is 5.77. The largest absolute Gasteiger partial charge is 0.481 e. The van der Waals surface area contributed by atoms with Gasteiger partial charge in [-0.1, -0.05) is 38.5 Å². The maximum absolute atomic E-state index is 12.0. The van der Waals surface area contributed by atoms with Gasteiger partial charge in [-0.05, 0) is 38.3 Å². The lowest BCUT2D eigenvalue weighted by atomic mass is 10.1. The molecular weight excluding hydrogens is 238 g/mol. The molecular formula is C16H25NO2. The predicted octanol–water partition coefficient (Wildman–Crippen LogP) is 3.32. The van der Waals surface area contributed by atoms with E-state index in [4.69, 9.17) is 4.74 Å². The van der Waals surface area contributed by atoms with Crippen molar-refractivity contribution in [2.24, 2.45) is 0 Å². The van der Waals surface area contributed by atoms with Gasteiger partial charge in [-0.25, -0.2) is 0 Å². The van der Waals surface area contributed by atoms with Crippen molar-refractivity contribution < 1.29 is 9.53 Å². The third-order valence-corrected chi connectivity index (χ3v) is 3.14. The Morgan fingerprint density at radius 1 is 1.26 bits per heavy atom. The fourth-order valence-corrected chi connectivity index (χ4v) is 2.02. The molecule has 3 heteroatoms. The molecule has 0 saturated heterocycles. The highest BCUT2D eigenvalue weighted by molar-refractivity contribution is 5.81. The SMILES string of the molecule is CCC[C@H](C)NC(=O)[C@H](C)Oc1ccccc1CC. The molecule has 0 bridgehead atoms. The molecule has 0 unspecified atom stereocenters. The molecule has 0 heterocycles. The van der Waals surface area contributed by atoms with Gasteiger partial charge in [0.2, 0.25) is 0 Å². The first-order valence-electron chi connectivity index (χ1n) is 7.13. The zero-order chi connectivity index (χ0) is 14.3. The summed E-state index contributed by atoms with van der Waals surface area (Å²) in [5.74, 6) is 0.752. The van der Waals surface area contributed by atoms with Gasteiger partial charge in [-0.2, -0.15) is 0 Å². The third-order valence-electron chi connectivity index (χ3n) is 3.14. The highest BCUT2D eigenvalue weighted by Gasteiger charge is 2.17. The van der Waals surface area contributed by atoms with Crippen molar-refractivity contribution in [2.45, 2.75) is 59.1 Å². The van der Waals surface area contributed by atoms with E-state index in [9.17, 15) is 4.79 Å². The van der Waals surface area contributed by atoms with E-state index < -0.39 is 6.10 Å². The summed E-state index contributed by atoms with van der Waals surface area (Å²) in [6.45, 7) is 8.00. The number of carbonyl (C=O) groups is 1. The number of hydrogen-bond acceptors (Lipinski definition) is 2. The number of para-hydroxylation sites is 1. The van der Waals surface area contributed by atoms with Crippen molar-refractivity contribution in [3.63, 3.8) is 0 Å². The minimum Gasteiger partial charge on any atom is -0.481 e. The summed E-state index contributed by atoms with van der Waals surface area (Å²) in [6.07, 6.45) is 2.49. The molecule has 0 aliphatic carbocycles. The van der Waals surface area contributed by atoms with Crippen LogP contribution in [0.4, 0.5) is 0 Å². The highest BCUT2D eigenvalue weighted by Crippen LogP contribution is 2.19. The van der Waals surface area contributed by atoms with E-state index >= 15 is 0 Å². The van der Waals surface area contributed by atoms with E-state index in [2.05, 4.69) is 19.2 Å². The smallest absolute Gasteiger partial charge is 0.260 e. The van der Waals surface area contributed by atoms with Crippen LogP contribution in [0.15, 0.2) is 24.3 Å². The summed E-state index contributed by atoms with van der Waals surface area (Å²) in [5.41, 5.74) is 1.13. The predicted molar refractivity (Wildman–Crippen MR) is 78.4 cm³/mol. The van der Waals surface area contributed by atoms with Gasteiger partial charge in [0, 0.05) is 6.04 Å². The fraction of sp³-hybridized carbons (Fsp3) is 0.562. The average molecular weight is 263 g/mol. The van der Waals surface area contributed by atoms with Gasteiger partial charge in [0.25, 0.3) is 5.91 Å². The molecule has 3 nitrogen and oxygen atoms in total. The number of aryl methyl sites for hydroxylation is 1. The summed E-state index contributed by atoms with van der Waals surface area (Å²) in [7, 11) is 0. The summed E-state index contributed by atoms with van der Waals surface area (Å²) >= 11 is 0. The number of ether oxygens (including phenoxy) is 1. The quantitative estimate of drug-likeness (QED) is 0.819. The topological polar surface area (TPSA) is 38.3 Å². The van der Waals surface area contributed by atoms with Gasteiger partial charge in [0.1, 0.15) is 5.75 Å². The van der Waals surface area contributed by atoms with Crippen LogP contribution < -0.4 is 10.1 Å². The molecule has 0 fully saturated rings. The second kappa shape index (κ2) is 7.82. The molecule has 0 saturated carbocycles. The van der Waals surface area contributed by atoms with E-state index in [1.165, 1.54) is 0 Å². The first-order valence-corrected chi connectivity index (χ1v) is 7.13. The minimum absolute atomic E-state index is 0.0492. The van der Waals surface area contributed by atoms with E-state index in [1.807, 2.05) is 31.2 Å². The molecule has 0 spiro atoms. The number of rotatable bonds is 7. The van der Waals surface area contributed by atoms with Crippen molar-refractivity contribution >= 4 is 5.91 Å². The molecule has 19 heavy (non-hydrogen) atoms. The van der Waals surface area contributed by atoms with Crippen LogP contribution in [0.2, 0.25) is 0 Å². The summed E-state index contributed by atoms with van der Waals surface area (Å²) in [5, 5.41) is 2.97. The maximum Gasteiger partial charge on any atom is 0.260 e. The van der Waals surface area contributed by atoms with Gasteiger partial charge in [0.05, 0.1) is 0 Å². The Morgan fingerprint density at radius 2 is 1.95 bits per heavy atom. The van der Waals surface area contributed by atoms with Crippen molar-refractivity contribution in [2.75, 3.05) is 0 Å². The summed E-state index contributed by atoms with van der Waals surface area (Å²) in [4.78, 5) is 12.0. The Morgan fingerprint density at radius 3 is 2.58 bits per heavy atom. The lowest BCUT2D eigenvalue weighted by Gasteiger charge is -2.19. The molecule has 1 aromatic carbocycles. The second-order valence-corrected chi connectivity index (χ2v) is 4.92. The van der Waals surface area contributed by atoms with Crippen LogP contribution in [0.5, 0.6) is 5.75 Å². The molecule has 0 aliphatic rings. The lowest BCUT2D eigenvalue weighted by molar-refractivity contribution is -0.127. The van der Waals surface area contributed by atoms with Gasteiger partial charge < -0.3 is 10.1 Å². The maximum atomic E-state index is 12.0. The first-order chi connectivity index (χ1) is 9.08. The van der Waals surface area contributed by atoms with Gasteiger partial charge in [-0.3, -0.25) is 4.79 Å². The van der Waals surface area contributed by atoms with E-state index in [0.717, 1.165) is 30.6 Å². The van der Waals surface area contributed by atoms with Crippen molar-refractivity contribution in [3.8, 4) is 5.75 Å². The number of amides is 1. The minimum atomic E-state index is -0.466. The van der Waals surface area contributed by atoms with E-state index in [1.54, 1.807) is 6.92 Å². The van der Waals surface area contributed by atoms with Crippen LogP contribution >= 0.6 is 0 Å². The first kappa shape index (κ1) is 15.5. The Kier molecular flexibility index (Phi) is 6.40. The van der Waals surface area contributed by atoms with Gasteiger partial charge in [0.15, 0.2) is 6.10 Å². The molecule has 1 amide bonds. The van der Waals surface area contributed by atoms with E-state index in [0.29, 0.717) is 0 Å². The van der Waals surface area contributed by atoms with Crippen molar-refractivity contribution in [1.29, 1.82) is 0 Å². The second-order valence-electron chi connectivity index (χ2n) is 4.92. The fourth-order valence-electron chi connectivity index (χ4n) is 2.02.